The first kappa shape index (κ1) is 23.0. The summed E-state index contributed by atoms with van der Waals surface area (Å²) < 4.78 is 19.4. The number of halogens is 1. The molecule has 34 heavy (non-hydrogen) atoms. The van der Waals surface area contributed by atoms with Crippen molar-refractivity contribution >= 4 is 17.3 Å². The molecule has 0 aliphatic heterocycles. The third-order valence-electron chi connectivity index (χ3n) is 5.40. The fourth-order valence-corrected chi connectivity index (χ4v) is 3.55. The molecule has 3 aromatic carbocycles. The number of aromatic nitrogens is 1. The van der Waals surface area contributed by atoms with Crippen molar-refractivity contribution in [3.63, 3.8) is 0 Å². The molecule has 6 heteroatoms. The van der Waals surface area contributed by atoms with Crippen LogP contribution < -0.4 is 15.4 Å². The fraction of sp³-hybridized carbons (Fsp3) is 0.143. The lowest BCUT2D eigenvalue weighted by molar-refractivity contribution is -0.115. The molecule has 0 bridgehead atoms. The Bertz CT molecular complexity index is 1260. The maximum absolute atomic E-state index is 13.1. The SMILES string of the molecule is Cc1cc(NC(Oc2ccccc2C)c2cccnc2)ccc1NC(=O)Cc1ccc(F)cc1. The number of para-hydroxylation sites is 1. The van der Waals surface area contributed by atoms with Gasteiger partial charge in [0.1, 0.15) is 11.6 Å². The van der Waals surface area contributed by atoms with Crippen molar-refractivity contribution in [3.05, 3.63) is 119 Å². The number of aryl methyl sites for hydroxylation is 2. The number of nitrogens with one attached hydrogen (secondary N) is 2. The van der Waals surface area contributed by atoms with Crippen molar-refractivity contribution in [2.75, 3.05) is 10.6 Å². The highest BCUT2D eigenvalue weighted by molar-refractivity contribution is 5.93. The number of amides is 1. The van der Waals surface area contributed by atoms with Gasteiger partial charge in [-0.2, -0.15) is 0 Å². The first-order chi connectivity index (χ1) is 16.5. The first-order valence-corrected chi connectivity index (χ1v) is 11.0. The number of carbonyl (C=O) groups excluding carboxylic acids is 1. The summed E-state index contributed by atoms with van der Waals surface area (Å²) >= 11 is 0. The van der Waals surface area contributed by atoms with Gasteiger partial charge in [0.15, 0.2) is 6.23 Å². The van der Waals surface area contributed by atoms with E-state index in [1.54, 1.807) is 24.5 Å². The monoisotopic (exact) mass is 455 g/mol. The zero-order valence-electron chi connectivity index (χ0n) is 19.1. The van der Waals surface area contributed by atoms with E-state index in [0.29, 0.717) is 0 Å². The van der Waals surface area contributed by atoms with Gasteiger partial charge in [-0.15, -0.1) is 0 Å². The Hall–Kier alpha value is -4.19. The van der Waals surface area contributed by atoms with Crippen molar-refractivity contribution in [1.29, 1.82) is 0 Å². The van der Waals surface area contributed by atoms with Crippen LogP contribution in [0.25, 0.3) is 0 Å². The molecule has 1 amide bonds. The Morgan fingerprint density at radius 1 is 0.971 bits per heavy atom. The van der Waals surface area contributed by atoms with Crippen LogP contribution in [0.3, 0.4) is 0 Å². The van der Waals surface area contributed by atoms with Crippen LogP contribution in [0.2, 0.25) is 0 Å². The first-order valence-electron chi connectivity index (χ1n) is 11.0. The molecule has 0 radical (unpaired) electrons. The van der Waals surface area contributed by atoms with Gasteiger partial charge >= 0.3 is 0 Å². The van der Waals surface area contributed by atoms with Crippen LogP contribution >= 0.6 is 0 Å². The van der Waals surface area contributed by atoms with Gasteiger partial charge in [-0.05, 0) is 73.0 Å². The van der Waals surface area contributed by atoms with Gasteiger partial charge in [0.25, 0.3) is 0 Å². The number of hydrogen-bond acceptors (Lipinski definition) is 4. The smallest absolute Gasteiger partial charge is 0.228 e. The topological polar surface area (TPSA) is 63.2 Å². The van der Waals surface area contributed by atoms with E-state index in [-0.39, 0.29) is 18.1 Å². The Balaban J connectivity index is 1.48. The summed E-state index contributed by atoms with van der Waals surface area (Å²) in [6.07, 6.45) is 3.22. The number of pyridine rings is 1. The molecule has 0 spiro atoms. The maximum Gasteiger partial charge on any atom is 0.228 e. The minimum absolute atomic E-state index is 0.161. The number of hydrogen-bond donors (Lipinski definition) is 2. The highest BCUT2D eigenvalue weighted by Gasteiger charge is 2.16. The molecule has 2 N–H and O–H groups in total. The molecular formula is C28H26FN3O2. The van der Waals surface area contributed by atoms with Gasteiger partial charge < -0.3 is 15.4 Å². The lowest BCUT2D eigenvalue weighted by atomic mass is 10.1. The van der Waals surface area contributed by atoms with Crippen LogP contribution in [0.5, 0.6) is 5.75 Å². The molecule has 4 rings (SSSR count). The summed E-state index contributed by atoms with van der Waals surface area (Å²) in [7, 11) is 0. The van der Waals surface area contributed by atoms with E-state index in [4.69, 9.17) is 4.74 Å². The number of anilines is 2. The van der Waals surface area contributed by atoms with E-state index in [1.807, 2.05) is 68.4 Å². The Morgan fingerprint density at radius 2 is 1.76 bits per heavy atom. The average molecular weight is 456 g/mol. The second kappa shape index (κ2) is 10.6. The lowest BCUT2D eigenvalue weighted by Gasteiger charge is -2.23. The lowest BCUT2D eigenvalue weighted by Crippen LogP contribution is -2.19. The van der Waals surface area contributed by atoms with Gasteiger partial charge in [0.05, 0.1) is 6.42 Å². The van der Waals surface area contributed by atoms with Gasteiger partial charge in [-0.3, -0.25) is 9.78 Å². The Labute approximate surface area is 198 Å². The van der Waals surface area contributed by atoms with E-state index in [2.05, 4.69) is 15.6 Å². The maximum atomic E-state index is 13.1. The van der Waals surface area contributed by atoms with Crippen molar-refractivity contribution in [2.24, 2.45) is 0 Å². The standard InChI is InChI=1S/C28H26FN3O2/c1-19-6-3-4-8-26(19)34-28(22-7-5-15-30-18-22)31-24-13-14-25(20(2)16-24)32-27(33)17-21-9-11-23(29)12-10-21/h3-16,18,28,31H,17H2,1-2H3,(H,32,33). The number of carbonyl (C=O) groups is 1. The largest absolute Gasteiger partial charge is 0.466 e. The van der Waals surface area contributed by atoms with Crippen molar-refractivity contribution in [1.82, 2.24) is 4.98 Å². The molecule has 1 heterocycles. The van der Waals surface area contributed by atoms with E-state index < -0.39 is 6.23 Å². The van der Waals surface area contributed by atoms with Gasteiger partial charge in [0, 0.05) is 29.3 Å². The summed E-state index contributed by atoms with van der Waals surface area (Å²) in [4.78, 5) is 16.7. The average Bonchev–Trinajstić information content (AvgIpc) is 2.84. The van der Waals surface area contributed by atoms with Crippen LogP contribution in [0, 0.1) is 19.7 Å². The molecule has 0 aliphatic rings. The summed E-state index contributed by atoms with van der Waals surface area (Å²) in [5.41, 5.74) is 5.14. The Morgan fingerprint density at radius 3 is 2.47 bits per heavy atom. The molecule has 0 aliphatic carbocycles. The third kappa shape index (κ3) is 5.98. The van der Waals surface area contributed by atoms with Gasteiger partial charge in [0.2, 0.25) is 5.91 Å². The highest BCUT2D eigenvalue weighted by atomic mass is 19.1. The van der Waals surface area contributed by atoms with Crippen LogP contribution in [0.15, 0.2) is 91.3 Å². The molecule has 172 valence electrons. The molecule has 1 aromatic heterocycles. The molecule has 0 fully saturated rings. The van der Waals surface area contributed by atoms with Crippen molar-refractivity contribution < 1.29 is 13.9 Å². The van der Waals surface area contributed by atoms with Crippen LogP contribution in [-0.4, -0.2) is 10.9 Å². The highest BCUT2D eigenvalue weighted by Crippen LogP contribution is 2.28. The van der Waals surface area contributed by atoms with Gasteiger partial charge in [-0.1, -0.05) is 36.4 Å². The number of ether oxygens (including phenoxy) is 1. The predicted octanol–water partition coefficient (Wildman–Crippen LogP) is 6.21. The molecule has 1 atom stereocenters. The normalized spacial score (nSPS) is 11.5. The molecule has 0 saturated heterocycles. The number of nitrogens with zero attached hydrogens (tertiary/aromatic N) is 1. The summed E-state index contributed by atoms with van der Waals surface area (Å²) in [6.45, 7) is 3.93. The summed E-state index contributed by atoms with van der Waals surface area (Å²) in [5.74, 6) is 0.302. The number of rotatable bonds is 8. The third-order valence-corrected chi connectivity index (χ3v) is 5.40. The molecule has 4 aromatic rings. The quantitative estimate of drug-likeness (QED) is 0.310. The van der Waals surface area contributed by atoms with Gasteiger partial charge in [-0.25, -0.2) is 4.39 Å². The minimum Gasteiger partial charge on any atom is -0.466 e. The second-order valence-corrected chi connectivity index (χ2v) is 8.08. The van der Waals surface area contributed by atoms with Crippen LogP contribution in [0.4, 0.5) is 15.8 Å². The van der Waals surface area contributed by atoms with E-state index >= 15 is 0 Å². The molecule has 5 nitrogen and oxygen atoms in total. The van der Waals surface area contributed by atoms with Crippen LogP contribution in [0.1, 0.15) is 28.5 Å². The molecule has 0 saturated carbocycles. The van der Waals surface area contributed by atoms with Crippen molar-refractivity contribution in [2.45, 2.75) is 26.5 Å². The van der Waals surface area contributed by atoms with E-state index in [0.717, 1.165) is 39.4 Å². The Kier molecular flexibility index (Phi) is 7.18. The minimum atomic E-state index is -0.451. The van der Waals surface area contributed by atoms with Crippen molar-refractivity contribution in [3.8, 4) is 5.75 Å². The zero-order valence-corrected chi connectivity index (χ0v) is 19.1. The van der Waals surface area contributed by atoms with E-state index in [9.17, 15) is 9.18 Å². The summed E-state index contributed by atoms with van der Waals surface area (Å²) in [5, 5.41) is 6.36. The van der Waals surface area contributed by atoms with E-state index in [1.165, 1.54) is 12.1 Å². The predicted molar refractivity (Wildman–Crippen MR) is 132 cm³/mol. The zero-order chi connectivity index (χ0) is 23.9. The molecular weight excluding hydrogens is 429 g/mol. The fourth-order valence-electron chi connectivity index (χ4n) is 3.55. The van der Waals surface area contributed by atoms with Crippen LogP contribution in [-0.2, 0) is 11.2 Å². The molecule has 1 unspecified atom stereocenters. The summed E-state index contributed by atoms with van der Waals surface area (Å²) in [6, 6.07) is 23.3. The number of benzene rings is 3. The second-order valence-electron chi connectivity index (χ2n) is 8.08.